The average molecular weight is 277 g/mol. The van der Waals surface area contributed by atoms with Gasteiger partial charge in [-0.1, -0.05) is 43.7 Å². The molecule has 0 radical (unpaired) electrons. The van der Waals surface area contributed by atoms with Crippen LogP contribution in [0.25, 0.3) is 0 Å². The monoisotopic (exact) mass is 277 g/mol. The van der Waals surface area contributed by atoms with E-state index in [0.717, 1.165) is 25.8 Å². The zero-order valence-corrected chi connectivity index (χ0v) is 13.6. The molecule has 0 aliphatic heterocycles. The summed E-state index contributed by atoms with van der Waals surface area (Å²) in [5, 5.41) is 12.6. The van der Waals surface area contributed by atoms with Gasteiger partial charge in [0.2, 0.25) is 0 Å². The van der Waals surface area contributed by atoms with Crippen LogP contribution >= 0.6 is 0 Å². The summed E-state index contributed by atoms with van der Waals surface area (Å²) in [5.74, 6) is 0. The van der Waals surface area contributed by atoms with Crippen molar-refractivity contribution >= 4 is 0 Å². The lowest BCUT2D eigenvalue weighted by Crippen LogP contribution is -2.35. The van der Waals surface area contributed by atoms with Crippen LogP contribution in [0, 0.1) is 12.3 Å². The minimum absolute atomic E-state index is 0.264. The molecule has 1 unspecified atom stereocenters. The van der Waals surface area contributed by atoms with Crippen molar-refractivity contribution in [3.8, 4) is 0 Å². The van der Waals surface area contributed by atoms with Crippen LogP contribution < -0.4 is 5.32 Å². The lowest BCUT2D eigenvalue weighted by molar-refractivity contribution is 0.232. The summed E-state index contributed by atoms with van der Waals surface area (Å²) in [6.45, 7) is 10.3. The Hall–Kier alpha value is -0.860. The van der Waals surface area contributed by atoms with Crippen molar-refractivity contribution in [3.63, 3.8) is 0 Å². The number of benzene rings is 1. The van der Waals surface area contributed by atoms with Crippen LogP contribution in [0.15, 0.2) is 24.3 Å². The fourth-order valence-electron chi connectivity index (χ4n) is 2.45. The highest BCUT2D eigenvalue weighted by atomic mass is 16.2. The molecule has 1 aromatic rings. The Morgan fingerprint density at radius 2 is 2.05 bits per heavy atom. The second-order valence-corrected chi connectivity index (χ2v) is 6.80. The zero-order chi connectivity index (χ0) is 15.0. The molecule has 2 N–H and O–H groups in total. The van der Waals surface area contributed by atoms with E-state index in [-0.39, 0.29) is 5.41 Å². The first-order valence-corrected chi connectivity index (χ1v) is 7.83. The third-order valence-corrected chi connectivity index (χ3v) is 3.89. The van der Waals surface area contributed by atoms with Crippen LogP contribution in [0.2, 0.25) is 0 Å². The molecule has 0 aliphatic carbocycles. The Morgan fingerprint density at radius 3 is 2.70 bits per heavy atom. The third-order valence-electron chi connectivity index (χ3n) is 3.89. The number of rotatable bonds is 9. The molecule has 2 nitrogen and oxygen atoms in total. The molecule has 0 aromatic heterocycles. The molecule has 0 heterocycles. The standard InChI is InChI=1S/C18H31NO/c1-15-7-5-8-17(13-15)10-9-16(2)19-14-18(3,4)11-6-12-20/h5,7-8,13,16,19-20H,6,9-12,14H2,1-4H3. The maximum atomic E-state index is 8.92. The minimum atomic E-state index is 0.264. The zero-order valence-electron chi connectivity index (χ0n) is 13.6. The van der Waals surface area contributed by atoms with Crippen molar-refractivity contribution in [2.45, 2.75) is 59.4 Å². The number of aryl methyl sites for hydroxylation is 2. The fourth-order valence-corrected chi connectivity index (χ4v) is 2.45. The van der Waals surface area contributed by atoms with Gasteiger partial charge < -0.3 is 10.4 Å². The van der Waals surface area contributed by atoms with Crippen molar-refractivity contribution in [1.29, 1.82) is 0 Å². The Labute approximate surface area is 124 Å². The predicted octanol–water partition coefficient (Wildman–Crippen LogP) is 3.70. The van der Waals surface area contributed by atoms with Crippen LogP contribution in [0.4, 0.5) is 0 Å². The molecule has 0 amide bonds. The maximum Gasteiger partial charge on any atom is 0.0431 e. The molecule has 0 fully saturated rings. The summed E-state index contributed by atoms with van der Waals surface area (Å²) in [4.78, 5) is 0. The third kappa shape index (κ3) is 7.06. The number of hydrogen-bond acceptors (Lipinski definition) is 2. The first kappa shape index (κ1) is 17.2. The highest BCUT2D eigenvalue weighted by Gasteiger charge is 2.17. The molecule has 0 spiro atoms. The lowest BCUT2D eigenvalue weighted by Gasteiger charge is -2.27. The van der Waals surface area contributed by atoms with E-state index in [4.69, 9.17) is 5.11 Å². The number of nitrogens with one attached hydrogen (secondary N) is 1. The maximum absolute atomic E-state index is 8.92. The SMILES string of the molecule is Cc1cccc(CCC(C)NCC(C)(C)CCCO)c1. The van der Waals surface area contributed by atoms with Crippen LogP contribution in [0.3, 0.4) is 0 Å². The molecular formula is C18H31NO. The molecule has 1 rings (SSSR count). The van der Waals surface area contributed by atoms with Crippen molar-refractivity contribution in [1.82, 2.24) is 5.32 Å². The summed E-state index contributed by atoms with van der Waals surface area (Å²) in [5.41, 5.74) is 3.03. The van der Waals surface area contributed by atoms with Gasteiger partial charge in [-0.2, -0.15) is 0 Å². The lowest BCUT2D eigenvalue weighted by atomic mass is 9.87. The fraction of sp³-hybridized carbons (Fsp3) is 0.667. The smallest absolute Gasteiger partial charge is 0.0431 e. The van der Waals surface area contributed by atoms with Gasteiger partial charge in [0.15, 0.2) is 0 Å². The van der Waals surface area contributed by atoms with Crippen LogP contribution in [0.5, 0.6) is 0 Å². The minimum Gasteiger partial charge on any atom is -0.396 e. The van der Waals surface area contributed by atoms with Gasteiger partial charge in [-0.25, -0.2) is 0 Å². The molecule has 2 heteroatoms. The predicted molar refractivity (Wildman–Crippen MR) is 87.1 cm³/mol. The number of hydrogen-bond donors (Lipinski definition) is 2. The van der Waals surface area contributed by atoms with E-state index in [2.05, 4.69) is 57.3 Å². The van der Waals surface area contributed by atoms with Crippen LogP contribution in [-0.4, -0.2) is 24.3 Å². The van der Waals surface area contributed by atoms with Gasteiger partial charge in [0.25, 0.3) is 0 Å². The van der Waals surface area contributed by atoms with Gasteiger partial charge in [0.05, 0.1) is 0 Å². The summed E-state index contributed by atoms with van der Waals surface area (Å²) < 4.78 is 0. The van der Waals surface area contributed by atoms with Gasteiger partial charge >= 0.3 is 0 Å². The molecule has 20 heavy (non-hydrogen) atoms. The number of aliphatic hydroxyl groups is 1. The Balaban J connectivity index is 2.28. The van der Waals surface area contributed by atoms with E-state index in [0.29, 0.717) is 12.6 Å². The Morgan fingerprint density at radius 1 is 1.30 bits per heavy atom. The van der Waals surface area contributed by atoms with Crippen LogP contribution in [-0.2, 0) is 6.42 Å². The van der Waals surface area contributed by atoms with E-state index in [1.54, 1.807) is 0 Å². The molecule has 114 valence electrons. The largest absolute Gasteiger partial charge is 0.396 e. The molecule has 0 bridgehead atoms. The van der Waals surface area contributed by atoms with Crippen molar-refractivity contribution in [2.75, 3.05) is 13.2 Å². The van der Waals surface area contributed by atoms with Gasteiger partial charge in [-0.05, 0) is 50.5 Å². The quantitative estimate of drug-likeness (QED) is 0.721. The molecular weight excluding hydrogens is 246 g/mol. The van der Waals surface area contributed by atoms with Crippen molar-refractivity contribution < 1.29 is 5.11 Å². The van der Waals surface area contributed by atoms with E-state index in [9.17, 15) is 0 Å². The first-order valence-electron chi connectivity index (χ1n) is 7.83. The Kier molecular flexibility index (Phi) is 7.25. The topological polar surface area (TPSA) is 32.3 Å². The highest BCUT2D eigenvalue weighted by Crippen LogP contribution is 2.21. The molecule has 0 saturated heterocycles. The van der Waals surface area contributed by atoms with Crippen molar-refractivity contribution in [2.24, 2.45) is 5.41 Å². The van der Waals surface area contributed by atoms with Crippen LogP contribution in [0.1, 0.15) is 51.2 Å². The summed E-state index contributed by atoms with van der Waals surface area (Å²) in [7, 11) is 0. The second-order valence-electron chi connectivity index (χ2n) is 6.80. The summed E-state index contributed by atoms with van der Waals surface area (Å²) in [6, 6.07) is 9.31. The molecule has 0 saturated carbocycles. The molecule has 0 aliphatic rings. The summed E-state index contributed by atoms with van der Waals surface area (Å²) >= 11 is 0. The number of aliphatic hydroxyl groups excluding tert-OH is 1. The van der Waals surface area contributed by atoms with E-state index >= 15 is 0 Å². The average Bonchev–Trinajstić information content (AvgIpc) is 2.41. The highest BCUT2D eigenvalue weighted by molar-refractivity contribution is 5.22. The molecule has 1 aromatic carbocycles. The van der Waals surface area contributed by atoms with Crippen molar-refractivity contribution in [3.05, 3.63) is 35.4 Å². The van der Waals surface area contributed by atoms with E-state index in [1.807, 2.05) is 0 Å². The van der Waals surface area contributed by atoms with Gasteiger partial charge in [-0.3, -0.25) is 0 Å². The van der Waals surface area contributed by atoms with E-state index < -0.39 is 0 Å². The second kappa shape index (κ2) is 8.43. The molecule has 1 atom stereocenters. The van der Waals surface area contributed by atoms with Gasteiger partial charge in [0, 0.05) is 19.2 Å². The van der Waals surface area contributed by atoms with Gasteiger partial charge in [-0.15, -0.1) is 0 Å². The van der Waals surface area contributed by atoms with Gasteiger partial charge in [0.1, 0.15) is 0 Å². The van der Waals surface area contributed by atoms with E-state index in [1.165, 1.54) is 17.5 Å². The first-order chi connectivity index (χ1) is 9.43. The summed E-state index contributed by atoms with van der Waals surface area (Å²) in [6.07, 6.45) is 4.26. The Bertz CT molecular complexity index is 387. The normalized spacial score (nSPS) is 13.4.